The van der Waals surface area contributed by atoms with Crippen LogP contribution in [0.15, 0.2) is 24.3 Å². The van der Waals surface area contributed by atoms with Crippen molar-refractivity contribution in [2.75, 3.05) is 6.54 Å². The van der Waals surface area contributed by atoms with E-state index in [9.17, 15) is 0 Å². The molecule has 2 rings (SSSR count). The fourth-order valence-electron chi connectivity index (χ4n) is 3.03. The number of hydrogen-bond acceptors (Lipinski definition) is 1. The molecule has 1 aromatic carbocycles. The van der Waals surface area contributed by atoms with Crippen LogP contribution < -0.4 is 5.32 Å². The number of piperidine rings is 1. The molecule has 0 spiro atoms. The van der Waals surface area contributed by atoms with Crippen molar-refractivity contribution in [2.45, 2.75) is 52.5 Å². The average molecular weight is 245 g/mol. The summed E-state index contributed by atoms with van der Waals surface area (Å²) in [4.78, 5) is 0. The molecule has 1 N–H and O–H groups in total. The lowest BCUT2D eigenvalue weighted by atomic mass is 9.86. The summed E-state index contributed by atoms with van der Waals surface area (Å²) in [5, 5.41) is 3.68. The first-order valence-electron chi connectivity index (χ1n) is 7.51. The Morgan fingerprint density at radius 3 is 2.89 bits per heavy atom. The van der Waals surface area contributed by atoms with Crippen LogP contribution in [0.5, 0.6) is 0 Å². The molecular formula is C17H27N. The molecule has 0 amide bonds. The van der Waals surface area contributed by atoms with Gasteiger partial charge in [-0.05, 0) is 48.8 Å². The Labute approximate surface area is 112 Å². The lowest BCUT2D eigenvalue weighted by Gasteiger charge is -2.30. The molecule has 100 valence electrons. The smallest absolute Gasteiger partial charge is 0.0322 e. The molecule has 1 fully saturated rings. The molecule has 1 heterocycles. The summed E-state index contributed by atoms with van der Waals surface area (Å²) >= 11 is 0. The van der Waals surface area contributed by atoms with Crippen LogP contribution in [0.1, 0.15) is 57.2 Å². The lowest BCUT2D eigenvalue weighted by Crippen LogP contribution is -2.31. The van der Waals surface area contributed by atoms with Gasteiger partial charge in [-0.25, -0.2) is 0 Å². The van der Waals surface area contributed by atoms with Crippen LogP contribution in [0, 0.1) is 11.8 Å². The van der Waals surface area contributed by atoms with Crippen molar-refractivity contribution in [1.82, 2.24) is 5.32 Å². The topological polar surface area (TPSA) is 12.0 Å². The van der Waals surface area contributed by atoms with E-state index in [1.54, 1.807) is 0 Å². The molecule has 0 radical (unpaired) electrons. The minimum absolute atomic E-state index is 0.579. The van der Waals surface area contributed by atoms with E-state index in [2.05, 4.69) is 50.4 Å². The second-order valence-electron chi connectivity index (χ2n) is 6.15. The standard InChI is InChI=1S/C17H27N/c1-4-14-8-9-18-17(12-14)16-7-5-6-15(11-16)10-13(2)3/h5-7,11,13-14,17-18H,4,8-10,12H2,1-3H3. The minimum Gasteiger partial charge on any atom is -0.310 e. The normalized spacial score (nSPS) is 24.4. The summed E-state index contributed by atoms with van der Waals surface area (Å²) < 4.78 is 0. The number of nitrogens with one attached hydrogen (secondary N) is 1. The number of benzene rings is 1. The maximum Gasteiger partial charge on any atom is 0.0322 e. The largest absolute Gasteiger partial charge is 0.310 e. The summed E-state index contributed by atoms with van der Waals surface area (Å²) in [6.07, 6.45) is 5.17. The molecule has 18 heavy (non-hydrogen) atoms. The third-order valence-corrected chi connectivity index (χ3v) is 4.09. The van der Waals surface area contributed by atoms with Gasteiger partial charge in [-0.2, -0.15) is 0 Å². The van der Waals surface area contributed by atoms with Crippen LogP contribution in [-0.4, -0.2) is 6.54 Å². The Kier molecular flexibility index (Phi) is 4.82. The Bertz CT molecular complexity index is 370. The van der Waals surface area contributed by atoms with Gasteiger partial charge < -0.3 is 5.32 Å². The summed E-state index contributed by atoms with van der Waals surface area (Å²) in [6.45, 7) is 8.08. The molecule has 2 unspecified atom stereocenters. The highest BCUT2D eigenvalue weighted by molar-refractivity contribution is 5.26. The van der Waals surface area contributed by atoms with E-state index in [4.69, 9.17) is 0 Å². The maximum atomic E-state index is 3.68. The first-order chi connectivity index (χ1) is 8.69. The Hall–Kier alpha value is -0.820. The highest BCUT2D eigenvalue weighted by Gasteiger charge is 2.21. The van der Waals surface area contributed by atoms with E-state index >= 15 is 0 Å². The van der Waals surface area contributed by atoms with Crippen molar-refractivity contribution in [2.24, 2.45) is 11.8 Å². The van der Waals surface area contributed by atoms with Crippen LogP contribution in [-0.2, 0) is 6.42 Å². The zero-order valence-corrected chi connectivity index (χ0v) is 12.1. The molecule has 0 saturated carbocycles. The Balaban J connectivity index is 2.07. The second-order valence-corrected chi connectivity index (χ2v) is 6.15. The molecule has 0 aromatic heterocycles. The van der Waals surface area contributed by atoms with Gasteiger partial charge in [-0.15, -0.1) is 0 Å². The predicted molar refractivity (Wildman–Crippen MR) is 78.7 cm³/mol. The van der Waals surface area contributed by atoms with E-state index in [1.165, 1.54) is 43.4 Å². The third kappa shape index (κ3) is 3.58. The van der Waals surface area contributed by atoms with E-state index in [-0.39, 0.29) is 0 Å². The van der Waals surface area contributed by atoms with Crippen molar-refractivity contribution in [3.8, 4) is 0 Å². The first kappa shape index (κ1) is 13.6. The molecule has 1 aromatic rings. The van der Waals surface area contributed by atoms with Crippen LogP contribution in [0.3, 0.4) is 0 Å². The Morgan fingerprint density at radius 1 is 1.33 bits per heavy atom. The predicted octanol–water partition coefficient (Wildman–Crippen LogP) is 4.34. The van der Waals surface area contributed by atoms with Crippen LogP contribution in [0.25, 0.3) is 0 Å². The highest BCUT2D eigenvalue weighted by Crippen LogP contribution is 2.29. The van der Waals surface area contributed by atoms with Crippen molar-refractivity contribution < 1.29 is 0 Å². The van der Waals surface area contributed by atoms with Gasteiger partial charge in [0.15, 0.2) is 0 Å². The number of hydrogen-bond donors (Lipinski definition) is 1. The molecular weight excluding hydrogens is 218 g/mol. The summed E-state index contributed by atoms with van der Waals surface area (Å²) in [6, 6.07) is 9.78. The summed E-state index contributed by atoms with van der Waals surface area (Å²) in [5.74, 6) is 1.65. The van der Waals surface area contributed by atoms with Gasteiger partial charge in [-0.1, -0.05) is 51.5 Å². The number of rotatable bonds is 4. The average Bonchev–Trinajstić information content (AvgIpc) is 2.38. The molecule has 1 aliphatic heterocycles. The van der Waals surface area contributed by atoms with Gasteiger partial charge in [-0.3, -0.25) is 0 Å². The lowest BCUT2D eigenvalue weighted by molar-refractivity contribution is 0.299. The molecule has 1 heteroatoms. The SMILES string of the molecule is CCC1CCNC(c2cccc(CC(C)C)c2)C1. The van der Waals surface area contributed by atoms with Gasteiger partial charge >= 0.3 is 0 Å². The molecule has 1 saturated heterocycles. The van der Waals surface area contributed by atoms with E-state index < -0.39 is 0 Å². The highest BCUT2D eigenvalue weighted by atomic mass is 14.9. The zero-order valence-electron chi connectivity index (χ0n) is 12.1. The molecule has 1 nitrogen and oxygen atoms in total. The fraction of sp³-hybridized carbons (Fsp3) is 0.647. The van der Waals surface area contributed by atoms with Crippen molar-refractivity contribution in [3.05, 3.63) is 35.4 Å². The zero-order chi connectivity index (χ0) is 13.0. The van der Waals surface area contributed by atoms with E-state index in [0.29, 0.717) is 6.04 Å². The fourth-order valence-corrected chi connectivity index (χ4v) is 3.03. The Morgan fingerprint density at radius 2 is 2.17 bits per heavy atom. The van der Waals surface area contributed by atoms with E-state index in [0.717, 1.165) is 11.8 Å². The third-order valence-electron chi connectivity index (χ3n) is 4.09. The molecule has 0 bridgehead atoms. The van der Waals surface area contributed by atoms with Crippen molar-refractivity contribution >= 4 is 0 Å². The van der Waals surface area contributed by atoms with Crippen LogP contribution >= 0.6 is 0 Å². The van der Waals surface area contributed by atoms with Gasteiger partial charge in [0, 0.05) is 6.04 Å². The minimum atomic E-state index is 0.579. The van der Waals surface area contributed by atoms with Crippen LogP contribution in [0.4, 0.5) is 0 Å². The maximum absolute atomic E-state index is 3.68. The van der Waals surface area contributed by atoms with E-state index in [1.807, 2.05) is 0 Å². The first-order valence-corrected chi connectivity index (χ1v) is 7.51. The van der Waals surface area contributed by atoms with Gasteiger partial charge in [0.1, 0.15) is 0 Å². The molecule has 0 aliphatic carbocycles. The summed E-state index contributed by atoms with van der Waals surface area (Å²) in [7, 11) is 0. The molecule has 2 atom stereocenters. The van der Waals surface area contributed by atoms with Gasteiger partial charge in [0.05, 0.1) is 0 Å². The quantitative estimate of drug-likeness (QED) is 0.832. The van der Waals surface area contributed by atoms with Gasteiger partial charge in [0.25, 0.3) is 0 Å². The summed E-state index contributed by atoms with van der Waals surface area (Å²) in [5.41, 5.74) is 2.98. The van der Waals surface area contributed by atoms with Crippen molar-refractivity contribution in [3.63, 3.8) is 0 Å². The second kappa shape index (κ2) is 6.38. The van der Waals surface area contributed by atoms with Crippen molar-refractivity contribution in [1.29, 1.82) is 0 Å². The monoisotopic (exact) mass is 245 g/mol. The molecule has 1 aliphatic rings. The van der Waals surface area contributed by atoms with Gasteiger partial charge in [0.2, 0.25) is 0 Å². The van der Waals surface area contributed by atoms with Crippen LogP contribution in [0.2, 0.25) is 0 Å².